The van der Waals surface area contributed by atoms with Crippen molar-refractivity contribution in [1.82, 2.24) is 4.90 Å². The van der Waals surface area contributed by atoms with Crippen molar-refractivity contribution in [2.75, 3.05) is 26.8 Å². The van der Waals surface area contributed by atoms with Gasteiger partial charge in [0.1, 0.15) is 12.0 Å². The molecule has 0 saturated heterocycles. The van der Waals surface area contributed by atoms with E-state index in [2.05, 4.69) is 4.90 Å². The van der Waals surface area contributed by atoms with Crippen molar-refractivity contribution >= 4 is 6.29 Å². The number of benzene rings is 1. The molecular weight excluding hydrogens is 218 g/mol. The summed E-state index contributed by atoms with van der Waals surface area (Å²) in [7, 11) is 1.61. The van der Waals surface area contributed by atoms with Crippen LogP contribution in [0.25, 0.3) is 0 Å². The van der Waals surface area contributed by atoms with Crippen molar-refractivity contribution in [2.45, 2.75) is 13.5 Å². The van der Waals surface area contributed by atoms with Crippen molar-refractivity contribution in [3.63, 3.8) is 0 Å². The molecule has 1 N–H and O–H groups in total. The number of hydrogen-bond acceptors (Lipinski definition) is 4. The molecule has 0 radical (unpaired) electrons. The van der Waals surface area contributed by atoms with Crippen LogP contribution in [0.3, 0.4) is 0 Å². The summed E-state index contributed by atoms with van der Waals surface area (Å²) in [5, 5.41) is 8.94. The Bertz CT molecular complexity index is 366. The van der Waals surface area contributed by atoms with Crippen LogP contribution >= 0.6 is 0 Å². The Morgan fingerprint density at radius 1 is 1.47 bits per heavy atom. The SMILES string of the molecule is CCN(CCO)Cc1cc(C=O)ccc1OC. The van der Waals surface area contributed by atoms with Gasteiger partial charge >= 0.3 is 0 Å². The number of ether oxygens (including phenoxy) is 1. The fourth-order valence-electron chi connectivity index (χ4n) is 1.73. The summed E-state index contributed by atoms with van der Waals surface area (Å²) >= 11 is 0. The van der Waals surface area contributed by atoms with E-state index in [1.807, 2.05) is 13.0 Å². The fourth-order valence-corrected chi connectivity index (χ4v) is 1.73. The Hall–Kier alpha value is -1.39. The normalized spacial score (nSPS) is 10.6. The molecular formula is C13H19NO3. The molecule has 0 aliphatic carbocycles. The number of carbonyl (C=O) groups excluding carboxylic acids is 1. The summed E-state index contributed by atoms with van der Waals surface area (Å²) in [4.78, 5) is 12.8. The van der Waals surface area contributed by atoms with E-state index in [9.17, 15) is 4.79 Å². The van der Waals surface area contributed by atoms with Gasteiger partial charge in [0.2, 0.25) is 0 Å². The lowest BCUT2D eigenvalue weighted by atomic mass is 10.1. The summed E-state index contributed by atoms with van der Waals surface area (Å²) in [6.45, 7) is 4.29. The van der Waals surface area contributed by atoms with Gasteiger partial charge in [-0.15, -0.1) is 0 Å². The summed E-state index contributed by atoms with van der Waals surface area (Å²) < 4.78 is 5.26. The van der Waals surface area contributed by atoms with Crippen LogP contribution in [0.15, 0.2) is 18.2 Å². The zero-order valence-corrected chi connectivity index (χ0v) is 10.3. The molecule has 4 nitrogen and oxygen atoms in total. The molecule has 0 aliphatic heterocycles. The molecule has 0 unspecified atom stereocenters. The first-order valence-electron chi connectivity index (χ1n) is 5.70. The Balaban J connectivity index is 2.89. The van der Waals surface area contributed by atoms with Crippen LogP contribution in [0.1, 0.15) is 22.8 Å². The van der Waals surface area contributed by atoms with Crippen molar-refractivity contribution in [3.05, 3.63) is 29.3 Å². The standard InChI is InChI=1S/C13H19NO3/c1-3-14(6-7-15)9-12-8-11(10-16)4-5-13(12)17-2/h4-5,8,10,15H,3,6-7,9H2,1-2H3. The molecule has 0 aromatic heterocycles. The number of likely N-dealkylation sites (N-methyl/N-ethyl adjacent to an activating group) is 1. The number of rotatable bonds is 7. The van der Waals surface area contributed by atoms with E-state index in [0.29, 0.717) is 18.7 Å². The average Bonchev–Trinajstić information content (AvgIpc) is 2.38. The van der Waals surface area contributed by atoms with Crippen molar-refractivity contribution in [1.29, 1.82) is 0 Å². The quantitative estimate of drug-likeness (QED) is 0.727. The van der Waals surface area contributed by atoms with Gasteiger partial charge in [-0.05, 0) is 24.7 Å². The van der Waals surface area contributed by atoms with Gasteiger partial charge in [-0.1, -0.05) is 6.92 Å². The van der Waals surface area contributed by atoms with Crippen LogP contribution in [0.4, 0.5) is 0 Å². The van der Waals surface area contributed by atoms with Gasteiger partial charge in [0.05, 0.1) is 13.7 Å². The van der Waals surface area contributed by atoms with Crippen LogP contribution in [-0.4, -0.2) is 43.1 Å². The Labute approximate surface area is 102 Å². The zero-order valence-electron chi connectivity index (χ0n) is 10.3. The predicted octanol–water partition coefficient (Wildman–Crippen LogP) is 1.32. The number of carbonyl (C=O) groups is 1. The minimum atomic E-state index is 0.128. The summed E-state index contributed by atoms with van der Waals surface area (Å²) in [5.41, 5.74) is 1.60. The van der Waals surface area contributed by atoms with Crippen molar-refractivity contribution in [2.24, 2.45) is 0 Å². The molecule has 0 amide bonds. The maximum atomic E-state index is 10.7. The van der Waals surface area contributed by atoms with Gasteiger partial charge in [-0.2, -0.15) is 0 Å². The topological polar surface area (TPSA) is 49.8 Å². The van der Waals surface area contributed by atoms with E-state index in [1.54, 1.807) is 19.2 Å². The van der Waals surface area contributed by atoms with Crippen molar-refractivity contribution in [3.8, 4) is 5.75 Å². The number of aliphatic hydroxyl groups is 1. The summed E-state index contributed by atoms with van der Waals surface area (Å²) in [5.74, 6) is 0.770. The summed E-state index contributed by atoms with van der Waals surface area (Å²) in [6, 6.07) is 5.36. The van der Waals surface area contributed by atoms with E-state index in [1.165, 1.54) is 0 Å². The van der Waals surface area contributed by atoms with E-state index < -0.39 is 0 Å². The van der Waals surface area contributed by atoms with Crippen molar-refractivity contribution < 1.29 is 14.6 Å². The third-order valence-corrected chi connectivity index (χ3v) is 2.70. The Morgan fingerprint density at radius 2 is 2.24 bits per heavy atom. The number of aldehydes is 1. The highest BCUT2D eigenvalue weighted by Gasteiger charge is 2.08. The van der Waals surface area contributed by atoms with Crippen LogP contribution in [0, 0.1) is 0 Å². The first-order chi connectivity index (χ1) is 8.24. The highest BCUT2D eigenvalue weighted by Crippen LogP contribution is 2.20. The third kappa shape index (κ3) is 3.84. The molecule has 0 atom stereocenters. The van der Waals surface area contributed by atoms with Crippen LogP contribution in [0.2, 0.25) is 0 Å². The maximum absolute atomic E-state index is 10.7. The molecule has 0 heterocycles. The predicted molar refractivity (Wildman–Crippen MR) is 66.4 cm³/mol. The molecule has 0 aliphatic rings. The molecule has 1 aromatic rings. The van der Waals surface area contributed by atoms with E-state index in [0.717, 1.165) is 24.1 Å². The molecule has 4 heteroatoms. The second kappa shape index (κ2) is 7.04. The molecule has 0 bridgehead atoms. The molecule has 1 rings (SSSR count). The maximum Gasteiger partial charge on any atom is 0.150 e. The second-order valence-electron chi connectivity index (χ2n) is 3.78. The fraction of sp³-hybridized carbons (Fsp3) is 0.462. The van der Waals surface area contributed by atoms with Gasteiger partial charge in [0.15, 0.2) is 0 Å². The first-order valence-corrected chi connectivity index (χ1v) is 5.70. The smallest absolute Gasteiger partial charge is 0.150 e. The number of nitrogens with zero attached hydrogens (tertiary/aromatic N) is 1. The number of methoxy groups -OCH3 is 1. The Kier molecular flexibility index (Phi) is 5.66. The van der Waals surface area contributed by atoms with E-state index in [-0.39, 0.29) is 6.61 Å². The number of aliphatic hydroxyl groups excluding tert-OH is 1. The first kappa shape index (κ1) is 13.7. The van der Waals surface area contributed by atoms with Crippen LogP contribution < -0.4 is 4.74 Å². The lowest BCUT2D eigenvalue weighted by Crippen LogP contribution is -2.26. The highest BCUT2D eigenvalue weighted by molar-refractivity contribution is 5.75. The van der Waals surface area contributed by atoms with Gasteiger partial charge in [-0.25, -0.2) is 0 Å². The molecule has 17 heavy (non-hydrogen) atoms. The number of hydrogen-bond donors (Lipinski definition) is 1. The third-order valence-electron chi connectivity index (χ3n) is 2.70. The zero-order chi connectivity index (χ0) is 12.7. The van der Waals surface area contributed by atoms with Gasteiger partial charge in [0, 0.05) is 24.2 Å². The molecule has 0 fully saturated rings. The minimum absolute atomic E-state index is 0.128. The highest BCUT2D eigenvalue weighted by atomic mass is 16.5. The minimum Gasteiger partial charge on any atom is -0.496 e. The lowest BCUT2D eigenvalue weighted by molar-refractivity contribution is 0.112. The van der Waals surface area contributed by atoms with Gasteiger partial charge in [-0.3, -0.25) is 9.69 Å². The van der Waals surface area contributed by atoms with Crippen LogP contribution in [-0.2, 0) is 6.54 Å². The largest absolute Gasteiger partial charge is 0.496 e. The summed E-state index contributed by atoms with van der Waals surface area (Å²) in [6.07, 6.45) is 0.825. The monoisotopic (exact) mass is 237 g/mol. The second-order valence-corrected chi connectivity index (χ2v) is 3.78. The van der Waals surface area contributed by atoms with Gasteiger partial charge < -0.3 is 9.84 Å². The lowest BCUT2D eigenvalue weighted by Gasteiger charge is -2.20. The van der Waals surface area contributed by atoms with Gasteiger partial charge in [0.25, 0.3) is 0 Å². The average molecular weight is 237 g/mol. The van der Waals surface area contributed by atoms with E-state index in [4.69, 9.17) is 9.84 Å². The molecule has 0 saturated carbocycles. The van der Waals surface area contributed by atoms with Crippen LogP contribution in [0.5, 0.6) is 5.75 Å². The Morgan fingerprint density at radius 3 is 2.76 bits per heavy atom. The molecule has 0 spiro atoms. The molecule has 1 aromatic carbocycles. The van der Waals surface area contributed by atoms with E-state index >= 15 is 0 Å². The molecule has 94 valence electrons.